The summed E-state index contributed by atoms with van der Waals surface area (Å²) in [5.41, 5.74) is 2.25. The number of ether oxygens (including phenoxy) is 1. The third-order valence-corrected chi connectivity index (χ3v) is 4.61. The Balaban J connectivity index is 2.40. The molecule has 0 radical (unpaired) electrons. The number of nitrogens with zero attached hydrogens (tertiary/aromatic N) is 1. The fourth-order valence-corrected chi connectivity index (χ4v) is 3.48. The molecule has 0 aliphatic carbocycles. The van der Waals surface area contributed by atoms with Gasteiger partial charge in [-0.15, -0.1) is 0 Å². The van der Waals surface area contributed by atoms with Gasteiger partial charge in [0.2, 0.25) is 10.0 Å². The Morgan fingerprint density at radius 3 is 2.71 bits per heavy atom. The van der Waals surface area contributed by atoms with E-state index in [1.54, 1.807) is 11.4 Å². The van der Waals surface area contributed by atoms with E-state index in [1.165, 1.54) is 11.8 Å². The van der Waals surface area contributed by atoms with Crippen molar-refractivity contribution in [2.75, 3.05) is 19.9 Å². The third kappa shape index (κ3) is 2.30. The molecule has 1 aromatic rings. The predicted molar refractivity (Wildman–Crippen MR) is 66.7 cm³/mol. The maximum atomic E-state index is 11.6. The minimum Gasteiger partial charge on any atom is -0.497 e. The van der Waals surface area contributed by atoms with E-state index in [1.807, 2.05) is 25.1 Å². The molecule has 1 aromatic carbocycles. The van der Waals surface area contributed by atoms with Gasteiger partial charge >= 0.3 is 0 Å². The van der Waals surface area contributed by atoms with Gasteiger partial charge in [-0.1, -0.05) is 6.07 Å². The summed E-state index contributed by atoms with van der Waals surface area (Å²) in [5, 5.41) is 0. The van der Waals surface area contributed by atoms with Gasteiger partial charge in [0.1, 0.15) is 5.75 Å². The molecule has 0 N–H and O–H groups in total. The molecule has 1 atom stereocenters. The number of rotatable bonds is 2. The van der Waals surface area contributed by atoms with Crippen LogP contribution in [0.15, 0.2) is 18.2 Å². The highest BCUT2D eigenvalue weighted by atomic mass is 32.2. The largest absolute Gasteiger partial charge is 0.497 e. The molecule has 0 bridgehead atoms. The Morgan fingerprint density at radius 2 is 2.12 bits per heavy atom. The lowest BCUT2D eigenvalue weighted by atomic mass is 9.95. The summed E-state index contributed by atoms with van der Waals surface area (Å²) < 4.78 is 30.0. The van der Waals surface area contributed by atoms with E-state index in [0.29, 0.717) is 6.54 Å². The van der Waals surface area contributed by atoms with Gasteiger partial charge < -0.3 is 4.74 Å². The molecular weight excluding hydrogens is 238 g/mol. The number of fused-ring (bicyclic) bond motifs is 1. The van der Waals surface area contributed by atoms with Crippen LogP contribution < -0.4 is 4.74 Å². The van der Waals surface area contributed by atoms with Gasteiger partial charge in [-0.25, -0.2) is 8.42 Å². The summed E-state index contributed by atoms with van der Waals surface area (Å²) in [6, 6.07) is 5.72. The van der Waals surface area contributed by atoms with Crippen LogP contribution in [-0.4, -0.2) is 32.6 Å². The van der Waals surface area contributed by atoms with E-state index in [4.69, 9.17) is 4.74 Å². The molecule has 1 aliphatic heterocycles. The van der Waals surface area contributed by atoms with Crippen molar-refractivity contribution in [2.24, 2.45) is 0 Å². The molecule has 2 rings (SSSR count). The fourth-order valence-electron chi connectivity index (χ4n) is 2.37. The van der Waals surface area contributed by atoms with Gasteiger partial charge in [-0.3, -0.25) is 0 Å². The van der Waals surface area contributed by atoms with E-state index in [-0.39, 0.29) is 6.04 Å². The monoisotopic (exact) mass is 255 g/mol. The van der Waals surface area contributed by atoms with E-state index < -0.39 is 10.0 Å². The van der Waals surface area contributed by atoms with Crippen LogP contribution in [0.1, 0.15) is 24.1 Å². The van der Waals surface area contributed by atoms with Gasteiger partial charge in [0.05, 0.1) is 13.4 Å². The second kappa shape index (κ2) is 4.31. The van der Waals surface area contributed by atoms with Gasteiger partial charge in [-0.2, -0.15) is 4.31 Å². The lowest BCUT2D eigenvalue weighted by Gasteiger charge is -2.33. The number of benzene rings is 1. The Morgan fingerprint density at radius 1 is 1.41 bits per heavy atom. The first kappa shape index (κ1) is 12.4. The molecule has 4 nitrogen and oxygen atoms in total. The molecule has 0 saturated carbocycles. The van der Waals surface area contributed by atoms with Crippen molar-refractivity contribution in [3.8, 4) is 5.75 Å². The quantitative estimate of drug-likeness (QED) is 0.806. The Hall–Kier alpha value is -1.07. The van der Waals surface area contributed by atoms with E-state index in [9.17, 15) is 8.42 Å². The SMILES string of the molecule is COc1ccc2c(c1)CCN(S(C)(=O)=O)[C@@H]2C. The average molecular weight is 255 g/mol. The normalized spacial score (nSPS) is 21.0. The summed E-state index contributed by atoms with van der Waals surface area (Å²) >= 11 is 0. The Bertz CT molecular complexity index is 525. The smallest absolute Gasteiger partial charge is 0.211 e. The Labute approximate surface area is 102 Å². The highest BCUT2D eigenvalue weighted by Gasteiger charge is 2.29. The Kier molecular flexibility index (Phi) is 3.14. The summed E-state index contributed by atoms with van der Waals surface area (Å²) in [6.45, 7) is 2.46. The molecule has 94 valence electrons. The molecular formula is C12H17NO3S. The lowest BCUT2D eigenvalue weighted by Crippen LogP contribution is -2.38. The summed E-state index contributed by atoms with van der Waals surface area (Å²) in [7, 11) is -1.50. The summed E-state index contributed by atoms with van der Waals surface area (Å²) in [6.07, 6.45) is 2.00. The molecule has 0 fully saturated rings. The molecule has 1 heterocycles. The summed E-state index contributed by atoms with van der Waals surface area (Å²) in [4.78, 5) is 0. The van der Waals surface area contributed by atoms with Crippen LogP contribution in [-0.2, 0) is 16.4 Å². The standard InChI is InChI=1S/C12H17NO3S/c1-9-12-5-4-11(16-2)8-10(12)6-7-13(9)17(3,14)15/h4-5,8-9H,6-7H2,1-3H3/t9-/m1/s1. The molecule has 1 aliphatic rings. The topological polar surface area (TPSA) is 46.6 Å². The van der Waals surface area contributed by atoms with E-state index >= 15 is 0 Å². The minimum atomic E-state index is -3.13. The number of hydrogen-bond acceptors (Lipinski definition) is 3. The van der Waals surface area contributed by atoms with Crippen LogP contribution >= 0.6 is 0 Å². The van der Waals surface area contributed by atoms with Crippen LogP contribution in [0.2, 0.25) is 0 Å². The van der Waals surface area contributed by atoms with Crippen molar-refractivity contribution in [1.82, 2.24) is 4.31 Å². The second-order valence-electron chi connectivity index (χ2n) is 4.36. The summed E-state index contributed by atoms with van der Waals surface area (Å²) in [5.74, 6) is 0.823. The highest BCUT2D eigenvalue weighted by molar-refractivity contribution is 7.88. The first-order chi connectivity index (χ1) is 7.93. The maximum absolute atomic E-state index is 11.6. The van der Waals surface area contributed by atoms with E-state index in [0.717, 1.165) is 17.7 Å². The highest BCUT2D eigenvalue weighted by Crippen LogP contribution is 2.32. The molecule has 0 saturated heterocycles. The van der Waals surface area contributed by atoms with Crippen LogP contribution in [0.3, 0.4) is 0 Å². The van der Waals surface area contributed by atoms with Crippen molar-refractivity contribution in [3.63, 3.8) is 0 Å². The van der Waals surface area contributed by atoms with Gasteiger partial charge in [0, 0.05) is 12.6 Å². The van der Waals surface area contributed by atoms with Crippen LogP contribution in [0.4, 0.5) is 0 Å². The molecule has 0 unspecified atom stereocenters. The van der Waals surface area contributed by atoms with Gasteiger partial charge in [0.15, 0.2) is 0 Å². The van der Waals surface area contributed by atoms with Crippen molar-refractivity contribution >= 4 is 10.0 Å². The maximum Gasteiger partial charge on any atom is 0.211 e. The molecule has 5 heteroatoms. The van der Waals surface area contributed by atoms with Crippen LogP contribution in [0.25, 0.3) is 0 Å². The lowest BCUT2D eigenvalue weighted by molar-refractivity contribution is 0.327. The van der Waals surface area contributed by atoms with Crippen molar-refractivity contribution in [2.45, 2.75) is 19.4 Å². The molecule has 0 spiro atoms. The molecule has 17 heavy (non-hydrogen) atoms. The first-order valence-electron chi connectivity index (χ1n) is 5.57. The zero-order valence-electron chi connectivity index (χ0n) is 10.3. The minimum absolute atomic E-state index is 0.0975. The zero-order chi connectivity index (χ0) is 12.6. The second-order valence-corrected chi connectivity index (χ2v) is 6.30. The van der Waals surface area contributed by atoms with Crippen molar-refractivity contribution in [3.05, 3.63) is 29.3 Å². The van der Waals surface area contributed by atoms with Crippen LogP contribution in [0.5, 0.6) is 5.75 Å². The van der Waals surface area contributed by atoms with Crippen LogP contribution in [0, 0.1) is 0 Å². The van der Waals surface area contributed by atoms with E-state index in [2.05, 4.69) is 0 Å². The van der Waals surface area contributed by atoms with Crippen molar-refractivity contribution < 1.29 is 13.2 Å². The van der Waals surface area contributed by atoms with Gasteiger partial charge in [0.25, 0.3) is 0 Å². The molecule has 0 amide bonds. The third-order valence-electron chi connectivity index (χ3n) is 3.26. The number of hydrogen-bond donors (Lipinski definition) is 0. The predicted octanol–water partition coefficient (Wildman–Crippen LogP) is 1.57. The fraction of sp³-hybridized carbons (Fsp3) is 0.500. The number of sulfonamides is 1. The van der Waals surface area contributed by atoms with Crippen molar-refractivity contribution in [1.29, 1.82) is 0 Å². The molecule has 0 aromatic heterocycles. The first-order valence-corrected chi connectivity index (χ1v) is 7.42. The zero-order valence-corrected chi connectivity index (χ0v) is 11.1. The van der Waals surface area contributed by atoms with Gasteiger partial charge in [-0.05, 0) is 36.6 Å². The average Bonchev–Trinajstić information content (AvgIpc) is 2.27. The number of methoxy groups -OCH3 is 1.